The summed E-state index contributed by atoms with van der Waals surface area (Å²) in [5.41, 5.74) is 11.1. The predicted molar refractivity (Wildman–Crippen MR) is 128 cm³/mol. The molecule has 3 N–H and O–H groups in total. The molecule has 2 aliphatic rings. The smallest absolute Gasteiger partial charge is 0.184 e. The molecule has 1 aliphatic heterocycles. The second kappa shape index (κ2) is 10.00. The molecule has 30 heavy (non-hydrogen) atoms. The lowest BCUT2D eigenvalue weighted by molar-refractivity contribution is 0.147. The molecule has 158 valence electrons. The Balaban J connectivity index is 1.36. The van der Waals surface area contributed by atoms with Gasteiger partial charge in [0, 0.05) is 44.0 Å². The third-order valence-electron chi connectivity index (χ3n) is 6.09. The summed E-state index contributed by atoms with van der Waals surface area (Å²) in [4.78, 5) is 9.87. The highest BCUT2D eigenvalue weighted by Crippen LogP contribution is 2.25. The van der Waals surface area contributed by atoms with E-state index in [1.54, 1.807) is 6.21 Å². The van der Waals surface area contributed by atoms with E-state index in [-0.39, 0.29) is 5.11 Å². The molecule has 1 saturated heterocycles. The number of nitrogens with zero attached hydrogens (tertiary/aromatic N) is 4. The van der Waals surface area contributed by atoms with Crippen molar-refractivity contribution in [3.8, 4) is 11.1 Å². The average molecular weight is 423 g/mol. The van der Waals surface area contributed by atoms with Crippen LogP contribution in [0.4, 0.5) is 5.82 Å². The number of nitrogens with one attached hydrogen (secondary N) is 1. The van der Waals surface area contributed by atoms with E-state index in [9.17, 15) is 0 Å². The summed E-state index contributed by atoms with van der Waals surface area (Å²) in [6.45, 7) is 4.42. The topological polar surface area (TPSA) is 69.8 Å². The van der Waals surface area contributed by atoms with Crippen LogP contribution in [0.25, 0.3) is 11.1 Å². The number of piperazine rings is 1. The molecule has 1 aromatic heterocycles. The van der Waals surface area contributed by atoms with E-state index in [0.717, 1.165) is 54.7 Å². The minimum atomic E-state index is 0.154. The Labute approximate surface area is 184 Å². The van der Waals surface area contributed by atoms with E-state index in [0.29, 0.717) is 0 Å². The molecule has 2 aromatic rings. The van der Waals surface area contributed by atoms with E-state index in [2.05, 4.69) is 44.6 Å². The molecular weight excluding hydrogens is 392 g/mol. The van der Waals surface area contributed by atoms with Crippen LogP contribution in [0.3, 0.4) is 0 Å². The summed E-state index contributed by atoms with van der Waals surface area (Å²) in [7, 11) is 0. The fourth-order valence-electron chi connectivity index (χ4n) is 4.48. The Bertz CT molecular complexity index is 868. The predicted octanol–water partition coefficient (Wildman–Crippen LogP) is 3.37. The van der Waals surface area contributed by atoms with Gasteiger partial charge in [-0.25, -0.2) is 4.98 Å². The molecule has 0 amide bonds. The molecule has 4 rings (SSSR count). The van der Waals surface area contributed by atoms with Crippen molar-refractivity contribution >= 4 is 29.4 Å². The number of anilines is 1. The van der Waals surface area contributed by atoms with Crippen molar-refractivity contribution in [1.29, 1.82) is 0 Å². The number of hydrogen-bond acceptors (Lipinski definition) is 5. The number of thiocarbonyl (C=S) groups is 1. The van der Waals surface area contributed by atoms with Gasteiger partial charge in [0.05, 0.1) is 6.21 Å². The molecular formula is C23H30N6S. The Hall–Kier alpha value is -2.51. The summed E-state index contributed by atoms with van der Waals surface area (Å²) in [6, 6.07) is 13.3. The monoisotopic (exact) mass is 422 g/mol. The Morgan fingerprint density at radius 2 is 1.87 bits per heavy atom. The van der Waals surface area contributed by atoms with Gasteiger partial charge in [0.15, 0.2) is 5.11 Å². The van der Waals surface area contributed by atoms with Gasteiger partial charge in [-0.15, -0.1) is 0 Å². The highest BCUT2D eigenvalue weighted by Gasteiger charge is 2.25. The highest BCUT2D eigenvalue weighted by atomic mass is 32.1. The van der Waals surface area contributed by atoms with Crippen LogP contribution in [0.2, 0.25) is 0 Å². The van der Waals surface area contributed by atoms with Gasteiger partial charge in [0.1, 0.15) is 5.82 Å². The lowest BCUT2D eigenvalue weighted by Gasteiger charge is -2.41. The summed E-state index contributed by atoms with van der Waals surface area (Å²) in [5, 5.41) is 4.18. The van der Waals surface area contributed by atoms with Gasteiger partial charge in [-0.1, -0.05) is 37.5 Å². The molecule has 7 heteroatoms. The summed E-state index contributed by atoms with van der Waals surface area (Å²) in [5.74, 6) is 1.07. The first-order valence-corrected chi connectivity index (χ1v) is 11.2. The molecule has 1 aromatic carbocycles. The third kappa shape index (κ3) is 5.34. The average Bonchev–Trinajstić information content (AvgIpc) is 2.80. The first-order chi connectivity index (χ1) is 14.7. The van der Waals surface area contributed by atoms with Crippen LogP contribution in [0.5, 0.6) is 0 Å². The molecule has 2 fully saturated rings. The van der Waals surface area contributed by atoms with E-state index in [1.165, 1.54) is 32.1 Å². The van der Waals surface area contributed by atoms with Gasteiger partial charge in [-0.2, -0.15) is 5.10 Å². The Morgan fingerprint density at radius 3 is 2.57 bits per heavy atom. The largest absolute Gasteiger partial charge is 0.375 e. The first kappa shape index (κ1) is 20.8. The maximum absolute atomic E-state index is 5.39. The van der Waals surface area contributed by atoms with E-state index in [4.69, 9.17) is 22.9 Å². The van der Waals surface area contributed by atoms with Crippen molar-refractivity contribution < 1.29 is 0 Å². The van der Waals surface area contributed by atoms with Gasteiger partial charge in [-0.05, 0) is 54.4 Å². The van der Waals surface area contributed by atoms with Crippen molar-refractivity contribution in [2.45, 2.75) is 38.1 Å². The molecule has 1 aliphatic carbocycles. The molecule has 0 bridgehead atoms. The Morgan fingerprint density at radius 1 is 1.07 bits per heavy atom. The molecule has 0 unspecified atom stereocenters. The maximum atomic E-state index is 5.39. The van der Waals surface area contributed by atoms with Gasteiger partial charge in [0.25, 0.3) is 0 Å². The molecule has 1 saturated carbocycles. The summed E-state index contributed by atoms with van der Waals surface area (Å²) < 4.78 is 0. The van der Waals surface area contributed by atoms with Gasteiger partial charge in [0.2, 0.25) is 0 Å². The van der Waals surface area contributed by atoms with Crippen LogP contribution in [0, 0.1) is 0 Å². The fraction of sp³-hybridized carbons (Fsp3) is 0.435. The number of pyridine rings is 1. The van der Waals surface area contributed by atoms with Crippen LogP contribution in [0.1, 0.15) is 37.7 Å². The van der Waals surface area contributed by atoms with E-state index >= 15 is 0 Å². The number of aromatic nitrogens is 1. The van der Waals surface area contributed by atoms with Crippen molar-refractivity contribution in [2.75, 3.05) is 31.1 Å². The van der Waals surface area contributed by atoms with E-state index in [1.807, 2.05) is 18.3 Å². The van der Waals surface area contributed by atoms with Crippen molar-refractivity contribution in [1.82, 2.24) is 15.3 Å². The van der Waals surface area contributed by atoms with Gasteiger partial charge < -0.3 is 10.6 Å². The number of rotatable bonds is 5. The quantitative estimate of drug-likeness (QED) is 0.437. The molecule has 6 nitrogen and oxygen atoms in total. The van der Waals surface area contributed by atoms with Gasteiger partial charge >= 0.3 is 0 Å². The SMILES string of the molecule is NC(=S)NN=Cc1cccc(-c2ccc(N3CCN(C4CCCCC4)CC3)nc2)c1. The van der Waals surface area contributed by atoms with E-state index < -0.39 is 0 Å². The lowest BCUT2D eigenvalue weighted by atomic mass is 9.94. The number of nitrogens with two attached hydrogens (primary N) is 1. The zero-order valence-electron chi connectivity index (χ0n) is 17.3. The molecule has 0 atom stereocenters. The zero-order valence-corrected chi connectivity index (χ0v) is 18.2. The number of hydrazone groups is 1. The molecule has 2 heterocycles. The highest BCUT2D eigenvalue weighted by molar-refractivity contribution is 7.80. The zero-order chi connectivity index (χ0) is 20.8. The normalized spacial score (nSPS) is 18.6. The van der Waals surface area contributed by atoms with Crippen LogP contribution in [-0.2, 0) is 0 Å². The molecule has 0 radical (unpaired) electrons. The van der Waals surface area contributed by atoms with Crippen LogP contribution in [-0.4, -0.2) is 53.4 Å². The van der Waals surface area contributed by atoms with Crippen molar-refractivity contribution in [3.63, 3.8) is 0 Å². The first-order valence-electron chi connectivity index (χ1n) is 10.8. The van der Waals surface area contributed by atoms with Crippen LogP contribution in [0.15, 0.2) is 47.7 Å². The summed E-state index contributed by atoms with van der Waals surface area (Å²) >= 11 is 4.76. The van der Waals surface area contributed by atoms with Crippen molar-refractivity contribution in [3.05, 3.63) is 48.2 Å². The van der Waals surface area contributed by atoms with Crippen LogP contribution >= 0.6 is 12.2 Å². The second-order valence-electron chi connectivity index (χ2n) is 8.08. The van der Waals surface area contributed by atoms with Crippen LogP contribution < -0.4 is 16.1 Å². The second-order valence-corrected chi connectivity index (χ2v) is 8.52. The molecule has 0 spiro atoms. The third-order valence-corrected chi connectivity index (χ3v) is 6.18. The summed E-state index contributed by atoms with van der Waals surface area (Å²) in [6.07, 6.45) is 10.6. The minimum Gasteiger partial charge on any atom is -0.375 e. The standard InChI is InChI=1S/C23H30N6S/c24-23(30)27-26-16-18-5-4-6-19(15-18)20-9-10-22(25-17-20)29-13-11-28(12-14-29)21-7-2-1-3-8-21/h4-6,9-10,15-17,21H,1-3,7-8,11-14H2,(H3,24,27,30). The number of hydrogen-bond donors (Lipinski definition) is 2. The fourth-order valence-corrected chi connectivity index (χ4v) is 4.53. The number of benzene rings is 1. The van der Waals surface area contributed by atoms with Gasteiger partial charge in [-0.3, -0.25) is 10.3 Å². The minimum absolute atomic E-state index is 0.154. The lowest BCUT2D eigenvalue weighted by Crippen LogP contribution is -2.51. The van der Waals surface area contributed by atoms with Crippen molar-refractivity contribution in [2.24, 2.45) is 10.8 Å². The Kier molecular flexibility index (Phi) is 6.92. The maximum Gasteiger partial charge on any atom is 0.184 e.